The SMILES string of the molecule is CC(=O)Cn1c(N2CCN(CCn3c(C)cn4c5c(=O)n(Cc6ccc(C)cc6)c(=O)n(C)c5nc34)CC2)nc2c1c(=O)n(Cc1ccc(C)cc1)c(=O)n2C. The number of benzene rings is 2. The summed E-state index contributed by atoms with van der Waals surface area (Å²) in [5, 5.41) is 0. The van der Waals surface area contributed by atoms with Crippen LogP contribution in [-0.2, 0) is 45.1 Å². The molecule has 0 N–H and O–H groups in total. The van der Waals surface area contributed by atoms with E-state index in [2.05, 4.69) is 14.4 Å². The zero-order valence-corrected chi connectivity index (χ0v) is 32.5. The van der Waals surface area contributed by atoms with Gasteiger partial charge in [0.2, 0.25) is 11.7 Å². The first-order valence-corrected chi connectivity index (χ1v) is 18.8. The average molecular weight is 760 g/mol. The molecule has 7 aromatic rings. The molecule has 2 aromatic carbocycles. The van der Waals surface area contributed by atoms with Gasteiger partial charge >= 0.3 is 11.4 Å². The molecule has 0 aliphatic carbocycles. The van der Waals surface area contributed by atoms with Crippen LogP contribution in [0.4, 0.5) is 5.95 Å². The van der Waals surface area contributed by atoms with Gasteiger partial charge in [-0.05, 0) is 38.8 Å². The number of hydrogen-bond acceptors (Lipinski definition) is 9. The number of piperazine rings is 1. The highest BCUT2D eigenvalue weighted by molar-refractivity contribution is 5.81. The monoisotopic (exact) mass is 759 g/mol. The molecule has 8 rings (SSSR count). The van der Waals surface area contributed by atoms with Gasteiger partial charge in [-0.3, -0.25) is 46.5 Å². The number of anilines is 1. The van der Waals surface area contributed by atoms with Crippen LogP contribution in [0.25, 0.3) is 28.1 Å². The van der Waals surface area contributed by atoms with Crippen molar-refractivity contribution in [3.8, 4) is 0 Å². The second kappa shape index (κ2) is 14.1. The molecule has 16 nitrogen and oxygen atoms in total. The molecule has 0 bridgehead atoms. The van der Waals surface area contributed by atoms with Crippen molar-refractivity contribution in [2.75, 3.05) is 37.6 Å². The van der Waals surface area contributed by atoms with E-state index in [1.165, 1.54) is 25.2 Å². The molecule has 0 spiro atoms. The summed E-state index contributed by atoms with van der Waals surface area (Å²) < 4.78 is 10.8. The highest BCUT2D eigenvalue weighted by Gasteiger charge is 2.27. The molecule has 1 saturated heterocycles. The lowest BCUT2D eigenvalue weighted by Gasteiger charge is -2.35. The second-order valence-corrected chi connectivity index (χ2v) is 15.0. The Morgan fingerprint density at radius 2 is 1.16 bits per heavy atom. The van der Waals surface area contributed by atoms with Crippen LogP contribution in [0.1, 0.15) is 34.9 Å². The molecule has 0 amide bonds. The van der Waals surface area contributed by atoms with Gasteiger partial charge in [-0.2, -0.15) is 9.97 Å². The lowest BCUT2D eigenvalue weighted by molar-refractivity contribution is -0.117. The van der Waals surface area contributed by atoms with Crippen molar-refractivity contribution in [3.63, 3.8) is 0 Å². The van der Waals surface area contributed by atoms with Crippen LogP contribution < -0.4 is 27.4 Å². The van der Waals surface area contributed by atoms with E-state index in [4.69, 9.17) is 9.97 Å². The van der Waals surface area contributed by atoms with Crippen molar-refractivity contribution in [1.82, 2.24) is 46.7 Å². The molecule has 0 atom stereocenters. The van der Waals surface area contributed by atoms with Gasteiger partial charge in [0, 0.05) is 65.3 Å². The van der Waals surface area contributed by atoms with Gasteiger partial charge in [0.1, 0.15) is 5.78 Å². The van der Waals surface area contributed by atoms with Crippen molar-refractivity contribution < 1.29 is 4.79 Å². The number of nitrogens with zero attached hydrogens (tertiary/aromatic N) is 11. The fraction of sp³-hybridized carbons (Fsp3) is 0.375. The Hall–Kier alpha value is -6.29. The summed E-state index contributed by atoms with van der Waals surface area (Å²) >= 11 is 0. The number of rotatable bonds is 10. The predicted molar refractivity (Wildman–Crippen MR) is 214 cm³/mol. The molecule has 16 heteroatoms. The van der Waals surface area contributed by atoms with Crippen molar-refractivity contribution >= 4 is 39.8 Å². The Bertz CT molecular complexity index is 2910. The van der Waals surface area contributed by atoms with Gasteiger partial charge in [0.05, 0.1) is 19.6 Å². The molecular weight excluding hydrogens is 715 g/mol. The first-order chi connectivity index (χ1) is 26.8. The van der Waals surface area contributed by atoms with Crippen LogP contribution in [0.15, 0.2) is 73.9 Å². The summed E-state index contributed by atoms with van der Waals surface area (Å²) in [4.78, 5) is 81.1. The molecule has 56 heavy (non-hydrogen) atoms. The predicted octanol–water partition coefficient (Wildman–Crippen LogP) is 1.79. The number of carbonyl (C=O) groups excluding carboxylic acids is 1. The van der Waals surface area contributed by atoms with Crippen molar-refractivity contribution in [2.24, 2.45) is 14.1 Å². The van der Waals surface area contributed by atoms with Crippen molar-refractivity contribution in [2.45, 2.75) is 53.9 Å². The molecule has 1 fully saturated rings. The molecule has 6 heterocycles. The first-order valence-electron chi connectivity index (χ1n) is 18.8. The Morgan fingerprint density at radius 3 is 1.70 bits per heavy atom. The van der Waals surface area contributed by atoms with E-state index in [0.29, 0.717) is 62.2 Å². The third kappa shape index (κ3) is 6.28. The summed E-state index contributed by atoms with van der Waals surface area (Å²) in [7, 11) is 3.25. The van der Waals surface area contributed by atoms with Gasteiger partial charge in [-0.15, -0.1) is 0 Å². The molecule has 0 unspecified atom stereocenters. The van der Waals surface area contributed by atoms with Gasteiger partial charge < -0.3 is 9.47 Å². The van der Waals surface area contributed by atoms with E-state index in [-0.39, 0.29) is 42.1 Å². The van der Waals surface area contributed by atoms with Gasteiger partial charge in [0.15, 0.2) is 22.3 Å². The summed E-state index contributed by atoms with van der Waals surface area (Å²) in [5.41, 5.74) is 4.21. The minimum atomic E-state index is -0.479. The van der Waals surface area contributed by atoms with Crippen LogP contribution in [-0.4, -0.2) is 85.2 Å². The number of carbonyl (C=O) groups is 1. The summed E-state index contributed by atoms with van der Waals surface area (Å²) in [6, 6.07) is 15.5. The quantitative estimate of drug-likeness (QED) is 0.203. The maximum absolute atomic E-state index is 14.0. The Labute approximate surface area is 320 Å². The van der Waals surface area contributed by atoms with Gasteiger partial charge in [-0.25, -0.2) is 9.59 Å². The number of fused-ring (bicyclic) bond motifs is 4. The van der Waals surface area contributed by atoms with E-state index >= 15 is 0 Å². The molecular formula is C40H45N11O5. The van der Waals surface area contributed by atoms with Crippen molar-refractivity contribution in [3.05, 3.63) is 124 Å². The maximum Gasteiger partial charge on any atom is 0.332 e. The van der Waals surface area contributed by atoms with Crippen LogP contribution >= 0.6 is 0 Å². The molecule has 5 aromatic heterocycles. The first kappa shape index (κ1) is 36.7. The van der Waals surface area contributed by atoms with E-state index in [1.807, 2.05) is 75.5 Å². The van der Waals surface area contributed by atoms with Crippen LogP contribution in [0.3, 0.4) is 0 Å². The zero-order valence-electron chi connectivity index (χ0n) is 32.5. The largest absolute Gasteiger partial charge is 0.340 e. The zero-order chi connectivity index (χ0) is 39.6. The summed E-state index contributed by atoms with van der Waals surface area (Å²) in [6.07, 6.45) is 1.90. The number of hydrogen-bond donors (Lipinski definition) is 0. The maximum atomic E-state index is 14.0. The molecule has 0 saturated carbocycles. The Kier molecular flexibility index (Phi) is 9.23. The topological polar surface area (TPSA) is 152 Å². The van der Waals surface area contributed by atoms with E-state index < -0.39 is 16.9 Å². The van der Waals surface area contributed by atoms with Gasteiger partial charge in [-0.1, -0.05) is 59.7 Å². The molecule has 290 valence electrons. The summed E-state index contributed by atoms with van der Waals surface area (Å²) in [5.74, 6) is 0.946. The standard InChI is InChI=1S/C40H45N11O5/c1-25-7-11-29(12-8-25)23-50-35(53)31-34(44(6)40(50)56)42-38-47(27(3)21-48(31)38)20-17-45-15-18-46(19-16-45)37-41-33-32(49(37)22-28(4)52)36(54)51(39(55)43(33)5)24-30-13-9-26(2)10-14-30/h7-14,21H,15-20,22-24H2,1-6H3. The normalized spacial score (nSPS) is 13.9. The van der Waals surface area contributed by atoms with Crippen LogP contribution in [0, 0.1) is 20.8 Å². The number of aromatic nitrogens is 9. The van der Waals surface area contributed by atoms with E-state index in [1.54, 1.807) is 23.1 Å². The minimum absolute atomic E-state index is 0.0474. The van der Waals surface area contributed by atoms with Crippen molar-refractivity contribution in [1.29, 1.82) is 0 Å². The third-order valence-electron chi connectivity index (χ3n) is 11.0. The number of imidazole rings is 3. The Balaban J connectivity index is 1.03. The van der Waals surface area contributed by atoms with Gasteiger partial charge in [0.25, 0.3) is 11.1 Å². The lowest BCUT2D eigenvalue weighted by Crippen LogP contribution is -2.48. The van der Waals surface area contributed by atoms with Crippen LogP contribution in [0.5, 0.6) is 0 Å². The molecule has 0 radical (unpaired) electrons. The molecule has 1 aliphatic rings. The Morgan fingerprint density at radius 1 is 0.643 bits per heavy atom. The highest BCUT2D eigenvalue weighted by atomic mass is 16.2. The number of aryl methyl sites for hydroxylation is 5. The molecule has 1 aliphatic heterocycles. The average Bonchev–Trinajstić information content (AvgIpc) is 3.83. The number of ketones is 1. The lowest BCUT2D eigenvalue weighted by atomic mass is 10.1. The van der Waals surface area contributed by atoms with E-state index in [0.717, 1.165) is 27.9 Å². The third-order valence-corrected chi connectivity index (χ3v) is 11.0. The second-order valence-electron chi connectivity index (χ2n) is 15.0. The van der Waals surface area contributed by atoms with E-state index in [9.17, 15) is 24.0 Å². The fourth-order valence-corrected chi connectivity index (χ4v) is 7.75. The fourth-order valence-electron chi connectivity index (χ4n) is 7.75. The minimum Gasteiger partial charge on any atom is -0.340 e. The summed E-state index contributed by atoms with van der Waals surface area (Å²) in [6.45, 7) is 11.5. The number of Topliss-reactive ketones (excluding diaryl/α,β-unsaturated/α-hetero) is 1. The smallest absolute Gasteiger partial charge is 0.332 e. The van der Waals surface area contributed by atoms with Crippen LogP contribution in [0.2, 0.25) is 0 Å². The highest BCUT2D eigenvalue weighted by Crippen LogP contribution is 2.22.